The number of nitrogens with zero attached hydrogens (tertiary/aromatic N) is 1. The molecule has 1 fully saturated rings. The smallest absolute Gasteiger partial charge is 0.255 e. The monoisotopic (exact) mass is 546 g/mol. The van der Waals surface area contributed by atoms with Crippen LogP contribution >= 0.6 is 34.4 Å². The van der Waals surface area contributed by atoms with Crippen LogP contribution in [0.15, 0.2) is 47.4 Å². The Bertz CT molecular complexity index is 980. The van der Waals surface area contributed by atoms with E-state index in [1.165, 1.54) is 0 Å². The van der Waals surface area contributed by atoms with Gasteiger partial charge in [-0.2, -0.15) is 16.1 Å². The van der Waals surface area contributed by atoms with Crippen molar-refractivity contribution >= 4 is 56.0 Å². The Kier molecular flexibility index (Phi) is 7.47. The lowest BCUT2D eigenvalue weighted by Crippen LogP contribution is -2.41. The maximum atomic E-state index is 12.9. The van der Waals surface area contributed by atoms with Crippen molar-refractivity contribution in [2.24, 2.45) is 0 Å². The van der Waals surface area contributed by atoms with Crippen LogP contribution in [-0.2, 0) is 10.0 Å². The zero-order chi connectivity index (χ0) is 21.0. The number of ether oxygens (including phenoxy) is 1. The van der Waals surface area contributed by atoms with Gasteiger partial charge in [-0.05, 0) is 71.5 Å². The summed E-state index contributed by atoms with van der Waals surface area (Å²) in [4.78, 5) is 12.7. The number of anilines is 1. The van der Waals surface area contributed by atoms with Gasteiger partial charge in [0.05, 0.1) is 15.6 Å². The van der Waals surface area contributed by atoms with Gasteiger partial charge < -0.3 is 10.1 Å². The Hall–Kier alpha value is -1.30. The van der Waals surface area contributed by atoms with E-state index in [4.69, 9.17) is 4.74 Å². The van der Waals surface area contributed by atoms with Crippen LogP contribution in [0.25, 0.3) is 0 Å². The van der Waals surface area contributed by atoms with Gasteiger partial charge in [0.1, 0.15) is 5.75 Å². The first-order valence-corrected chi connectivity index (χ1v) is 12.8. The zero-order valence-electron chi connectivity index (χ0n) is 16.2. The van der Waals surface area contributed by atoms with Crippen molar-refractivity contribution in [3.05, 3.63) is 51.6 Å². The first-order chi connectivity index (χ1) is 13.8. The van der Waals surface area contributed by atoms with Crippen LogP contribution in [0.4, 0.5) is 5.69 Å². The second-order valence-corrected chi connectivity index (χ2v) is 11.1. The van der Waals surface area contributed by atoms with Crippen molar-refractivity contribution < 1.29 is 17.9 Å². The number of halogens is 1. The summed E-state index contributed by atoms with van der Waals surface area (Å²) < 4.78 is 33.4. The summed E-state index contributed by atoms with van der Waals surface area (Å²) in [6, 6.07) is 11.5. The van der Waals surface area contributed by atoms with Crippen LogP contribution in [0.2, 0.25) is 0 Å². The van der Waals surface area contributed by atoms with Gasteiger partial charge in [-0.25, -0.2) is 8.42 Å². The number of carbonyl (C=O) groups excluding carboxylic acids is 1. The normalized spacial score (nSPS) is 17.7. The molecule has 1 amide bonds. The van der Waals surface area contributed by atoms with Gasteiger partial charge in [0, 0.05) is 35.3 Å². The second-order valence-electron chi connectivity index (χ2n) is 6.59. The molecule has 9 heteroatoms. The summed E-state index contributed by atoms with van der Waals surface area (Å²) in [5, 5.41) is 3.14. The van der Waals surface area contributed by atoms with Gasteiger partial charge in [0.15, 0.2) is 0 Å². The van der Waals surface area contributed by atoms with E-state index in [1.54, 1.807) is 53.9 Å². The van der Waals surface area contributed by atoms with Gasteiger partial charge in [-0.1, -0.05) is 6.92 Å². The fourth-order valence-electron chi connectivity index (χ4n) is 3.03. The van der Waals surface area contributed by atoms with Gasteiger partial charge in [-0.15, -0.1) is 0 Å². The van der Waals surface area contributed by atoms with Crippen LogP contribution in [0.3, 0.4) is 0 Å². The number of benzene rings is 2. The lowest BCUT2D eigenvalue weighted by Gasteiger charge is -2.31. The van der Waals surface area contributed by atoms with E-state index in [-0.39, 0.29) is 10.8 Å². The molecule has 156 valence electrons. The molecular formula is C20H23IN2O4S2. The highest BCUT2D eigenvalue weighted by Gasteiger charge is 2.29. The molecule has 1 aliphatic heterocycles. The average Bonchev–Trinajstić information content (AvgIpc) is 2.74. The molecule has 0 bridgehead atoms. The predicted molar refractivity (Wildman–Crippen MR) is 125 cm³/mol. The molecule has 1 saturated heterocycles. The summed E-state index contributed by atoms with van der Waals surface area (Å²) in [7, 11) is -1.94. The SMILES string of the molecule is CCC1CN(S(=O)(=O)c2ccc(NC(=O)c3ccc(OC)c(I)c3)cc2)CCS1. The third kappa shape index (κ3) is 5.25. The molecule has 0 spiro atoms. The van der Waals surface area contributed by atoms with Crippen molar-refractivity contribution in [3.8, 4) is 5.75 Å². The molecule has 1 heterocycles. The van der Waals surface area contributed by atoms with E-state index in [1.807, 2.05) is 11.8 Å². The topological polar surface area (TPSA) is 75.7 Å². The Morgan fingerprint density at radius 1 is 1.28 bits per heavy atom. The molecule has 0 aliphatic carbocycles. The molecule has 1 N–H and O–H groups in total. The van der Waals surface area contributed by atoms with Crippen LogP contribution in [-0.4, -0.2) is 49.8 Å². The quantitative estimate of drug-likeness (QED) is 0.554. The maximum absolute atomic E-state index is 12.9. The van der Waals surface area contributed by atoms with Crippen molar-refractivity contribution in [1.29, 1.82) is 0 Å². The van der Waals surface area contributed by atoms with Gasteiger partial charge in [0.25, 0.3) is 5.91 Å². The predicted octanol–water partition coefficient (Wildman–Crippen LogP) is 4.07. The number of amides is 1. The number of sulfonamides is 1. The first kappa shape index (κ1) is 22.4. The maximum Gasteiger partial charge on any atom is 0.255 e. The largest absolute Gasteiger partial charge is 0.496 e. The van der Waals surface area contributed by atoms with E-state index in [9.17, 15) is 13.2 Å². The molecular weight excluding hydrogens is 523 g/mol. The highest BCUT2D eigenvalue weighted by atomic mass is 127. The summed E-state index contributed by atoms with van der Waals surface area (Å²) in [5.74, 6) is 1.25. The summed E-state index contributed by atoms with van der Waals surface area (Å²) in [6.07, 6.45) is 0.950. The number of hydrogen-bond donors (Lipinski definition) is 1. The molecule has 2 aromatic rings. The number of rotatable bonds is 6. The van der Waals surface area contributed by atoms with Crippen LogP contribution in [0.1, 0.15) is 23.7 Å². The summed E-state index contributed by atoms with van der Waals surface area (Å²) in [6.45, 7) is 3.14. The van der Waals surface area contributed by atoms with E-state index < -0.39 is 10.0 Å². The number of carbonyl (C=O) groups is 1. The minimum Gasteiger partial charge on any atom is -0.496 e. The zero-order valence-corrected chi connectivity index (χ0v) is 20.0. The fourth-order valence-corrected chi connectivity index (χ4v) is 6.64. The molecule has 1 aliphatic rings. The van der Waals surface area contributed by atoms with E-state index >= 15 is 0 Å². The van der Waals surface area contributed by atoms with Gasteiger partial charge >= 0.3 is 0 Å². The molecule has 3 rings (SSSR count). The number of thioether (sulfide) groups is 1. The van der Waals surface area contributed by atoms with Crippen molar-refractivity contribution in [3.63, 3.8) is 0 Å². The van der Waals surface area contributed by atoms with Crippen molar-refractivity contribution in [2.45, 2.75) is 23.5 Å². The Balaban J connectivity index is 1.71. The molecule has 1 unspecified atom stereocenters. The van der Waals surface area contributed by atoms with Crippen LogP contribution in [0, 0.1) is 3.57 Å². The van der Waals surface area contributed by atoms with E-state index in [0.717, 1.165) is 15.7 Å². The number of nitrogens with one attached hydrogen (secondary N) is 1. The molecule has 0 aromatic heterocycles. The third-order valence-corrected chi connectivity index (χ3v) is 8.82. The van der Waals surface area contributed by atoms with Crippen LogP contribution in [0.5, 0.6) is 5.75 Å². The minimum atomic E-state index is -3.52. The Morgan fingerprint density at radius 2 is 2.00 bits per heavy atom. The highest BCUT2D eigenvalue weighted by molar-refractivity contribution is 14.1. The standard InChI is InChI=1S/C20H23IN2O4S2/c1-3-16-13-23(10-11-28-16)29(25,26)17-7-5-15(6-8-17)22-20(24)14-4-9-19(27-2)18(21)12-14/h4-9,12,16H,3,10-11,13H2,1-2H3,(H,22,24). The fraction of sp³-hybridized carbons (Fsp3) is 0.350. The molecule has 1 atom stereocenters. The Morgan fingerprint density at radius 3 is 2.62 bits per heavy atom. The number of methoxy groups -OCH3 is 1. The van der Waals surface area contributed by atoms with Crippen LogP contribution < -0.4 is 10.1 Å². The molecule has 0 saturated carbocycles. The highest BCUT2D eigenvalue weighted by Crippen LogP contribution is 2.27. The molecule has 6 nitrogen and oxygen atoms in total. The lowest BCUT2D eigenvalue weighted by molar-refractivity contribution is 0.102. The molecule has 29 heavy (non-hydrogen) atoms. The van der Waals surface area contributed by atoms with Gasteiger partial charge in [0.2, 0.25) is 10.0 Å². The van der Waals surface area contributed by atoms with Crippen molar-refractivity contribution in [2.75, 3.05) is 31.3 Å². The second kappa shape index (κ2) is 9.67. The average molecular weight is 546 g/mol. The van der Waals surface area contributed by atoms with E-state index in [2.05, 4.69) is 34.8 Å². The number of hydrogen-bond acceptors (Lipinski definition) is 5. The first-order valence-electron chi connectivity index (χ1n) is 9.22. The third-order valence-electron chi connectivity index (χ3n) is 4.72. The van der Waals surface area contributed by atoms with E-state index in [0.29, 0.717) is 35.3 Å². The Labute approximate surface area is 189 Å². The lowest BCUT2D eigenvalue weighted by atomic mass is 10.2. The van der Waals surface area contributed by atoms with Gasteiger partial charge in [-0.3, -0.25) is 4.79 Å². The molecule has 2 aromatic carbocycles. The minimum absolute atomic E-state index is 0.247. The van der Waals surface area contributed by atoms with Crippen molar-refractivity contribution in [1.82, 2.24) is 4.31 Å². The summed E-state index contributed by atoms with van der Waals surface area (Å²) in [5.41, 5.74) is 1.05. The summed E-state index contributed by atoms with van der Waals surface area (Å²) >= 11 is 3.94. The molecule has 0 radical (unpaired) electrons.